The van der Waals surface area contributed by atoms with Crippen molar-refractivity contribution < 1.29 is 14.3 Å². The minimum absolute atomic E-state index is 0.0224. The Kier molecular flexibility index (Phi) is 6.47. The second-order valence-electron chi connectivity index (χ2n) is 6.90. The first-order chi connectivity index (χ1) is 13.1. The number of ether oxygens (including phenoxy) is 1. The van der Waals surface area contributed by atoms with Gasteiger partial charge < -0.3 is 15.0 Å². The van der Waals surface area contributed by atoms with Crippen LogP contribution in [-0.4, -0.2) is 36.4 Å². The molecule has 0 bridgehead atoms. The Labute approximate surface area is 160 Å². The van der Waals surface area contributed by atoms with Gasteiger partial charge in [0.1, 0.15) is 5.75 Å². The number of amides is 2. The lowest BCUT2D eigenvalue weighted by Gasteiger charge is -2.20. The average molecular weight is 366 g/mol. The first kappa shape index (κ1) is 19.0. The second kappa shape index (κ2) is 9.21. The van der Waals surface area contributed by atoms with Gasteiger partial charge in [0.05, 0.1) is 5.56 Å². The maximum absolute atomic E-state index is 12.7. The number of anilines is 1. The monoisotopic (exact) mass is 366 g/mol. The number of hydrogen-bond donors (Lipinski definition) is 1. The Morgan fingerprint density at radius 3 is 2.48 bits per heavy atom. The van der Waals surface area contributed by atoms with Crippen LogP contribution in [-0.2, 0) is 4.79 Å². The summed E-state index contributed by atoms with van der Waals surface area (Å²) in [5, 5.41) is 2.88. The van der Waals surface area contributed by atoms with Gasteiger partial charge in [-0.1, -0.05) is 37.1 Å². The first-order valence-corrected chi connectivity index (χ1v) is 9.51. The summed E-state index contributed by atoms with van der Waals surface area (Å²) in [7, 11) is 0. The van der Waals surface area contributed by atoms with Gasteiger partial charge in [0, 0.05) is 18.8 Å². The van der Waals surface area contributed by atoms with Gasteiger partial charge >= 0.3 is 0 Å². The highest BCUT2D eigenvalue weighted by Gasteiger charge is 2.18. The molecule has 5 heteroatoms. The Balaban J connectivity index is 1.64. The molecule has 27 heavy (non-hydrogen) atoms. The van der Waals surface area contributed by atoms with Crippen LogP contribution in [0.2, 0.25) is 0 Å². The van der Waals surface area contributed by atoms with Crippen molar-refractivity contribution in [3.05, 3.63) is 59.7 Å². The molecular formula is C22H26N2O3. The van der Waals surface area contributed by atoms with Crippen LogP contribution in [0.3, 0.4) is 0 Å². The molecule has 142 valence electrons. The summed E-state index contributed by atoms with van der Waals surface area (Å²) in [6, 6.07) is 14.6. The molecule has 1 aliphatic heterocycles. The van der Waals surface area contributed by atoms with Gasteiger partial charge in [-0.25, -0.2) is 0 Å². The number of rotatable bonds is 5. The lowest BCUT2D eigenvalue weighted by atomic mass is 10.1. The van der Waals surface area contributed by atoms with Crippen LogP contribution < -0.4 is 10.1 Å². The van der Waals surface area contributed by atoms with Crippen LogP contribution in [0.15, 0.2) is 48.5 Å². The Bertz CT molecular complexity index is 796. The zero-order chi connectivity index (χ0) is 19.1. The highest BCUT2D eigenvalue weighted by atomic mass is 16.5. The molecule has 2 amide bonds. The quantitative estimate of drug-likeness (QED) is 0.869. The smallest absolute Gasteiger partial charge is 0.260 e. The highest BCUT2D eigenvalue weighted by molar-refractivity contribution is 6.06. The minimum atomic E-state index is -0.251. The number of benzene rings is 2. The third-order valence-corrected chi connectivity index (χ3v) is 4.72. The number of carbonyl (C=O) groups is 2. The SMILES string of the molecule is Cc1cccc(NC(=O)c2ccccc2OCC(=O)N2CCCCCC2)c1. The Morgan fingerprint density at radius 1 is 1.00 bits per heavy atom. The van der Waals surface area contributed by atoms with Gasteiger partial charge in [0.2, 0.25) is 0 Å². The summed E-state index contributed by atoms with van der Waals surface area (Å²) in [5.41, 5.74) is 2.22. The molecule has 3 rings (SSSR count). The summed E-state index contributed by atoms with van der Waals surface area (Å²) >= 11 is 0. The van der Waals surface area contributed by atoms with E-state index in [1.54, 1.807) is 24.3 Å². The molecule has 0 unspecified atom stereocenters. The van der Waals surface area contributed by atoms with Crippen LogP contribution in [0, 0.1) is 6.92 Å². The van der Waals surface area contributed by atoms with E-state index in [4.69, 9.17) is 4.74 Å². The second-order valence-corrected chi connectivity index (χ2v) is 6.90. The molecule has 2 aromatic carbocycles. The zero-order valence-electron chi connectivity index (χ0n) is 15.7. The van der Waals surface area contributed by atoms with Crippen molar-refractivity contribution in [2.45, 2.75) is 32.6 Å². The number of hydrogen-bond acceptors (Lipinski definition) is 3. The predicted octanol–water partition coefficient (Wildman–Crippen LogP) is 4.03. The topological polar surface area (TPSA) is 58.6 Å². The van der Waals surface area contributed by atoms with Gasteiger partial charge in [-0.15, -0.1) is 0 Å². The molecule has 0 saturated carbocycles. The van der Waals surface area contributed by atoms with E-state index < -0.39 is 0 Å². The lowest BCUT2D eigenvalue weighted by molar-refractivity contribution is -0.133. The molecule has 1 heterocycles. The summed E-state index contributed by atoms with van der Waals surface area (Å²) in [5.74, 6) is 0.148. The molecule has 1 fully saturated rings. The van der Waals surface area contributed by atoms with Crippen molar-refractivity contribution in [1.82, 2.24) is 4.90 Å². The van der Waals surface area contributed by atoms with Gasteiger partial charge in [-0.2, -0.15) is 0 Å². The van der Waals surface area contributed by atoms with E-state index in [2.05, 4.69) is 5.32 Å². The van der Waals surface area contributed by atoms with Crippen LogP contribution in [0.4, 0.5) is 5.69 Å². The molecule has 2 aromatic rings. The number of aryl methyl sites for hydroxylation is 1. The normalized spacial score (nSPS) is 14.3. The zero-order valence-corrected chi connectivity index (χ0v) is 15.7. The van der Waals surface area contributed by atoms with Crippen molar-refractivity contribution in [1.29, 1.82) is 0 Å². The Morgan fingerprint density at radius 2 is 1.74 bits per heavy atom. The van der Waals surface area contributed by atoms with E-state index in [9.17, 15) is 9.59 Å². The van der Waals surface area contributed by atoms with Crippen LogP contribution in [0.1, 0.15) is 41.6 Å². The van der Waals surface area contributed by atoms with Crippen molar-refractivity contribution in [3.63, 3.8) is 0 Å². The summed E-state index contributed by atoms with van der Waals surface area (Å²) in [6.07, 6.45) is 4.43. The van der Waals surface area contributed by atoms with Crippen molar-refractivity contribution in [2.75, 3.05) is 25.0 Å². The van der Waals surface area contributed by atoms with E-state index in [0.717, 1.165) is 37.2 Å². The van der Waals surface area contributed by atoms with Crippen molar-refractivity contribution in [3.8, 4) is 5.75 Å². The first-order valence-electron chi connectivity index (χ1n) is 9.51. The summed E-state index contributed by atoms with van der Waals surface area (Å²) < 4.78 is 5.72. The highest BCUT2D eigenvalue weighted by Crippen LogP contribution is 2.20. The van der Waals surface area contributed by atoms with Gasteiger partial charge in [-0.3, -0.25) is 9.59 Å². The van der Waals surface area contributed by atoms with E-state index in [0.29, 0.717) is 11.3 Å². The molecule has 1 saturated heterocycles. The van der Waals surface area contributed by atoms with Crippen LogP contribution in [0.5, 0.6) is 5.75 Å². The fourth-order valence-corrected chi connectivity index (χ4v) is 3.25. The molecule has 0 aliphatic carbocycles. The number of nitrogens with zero attached hydrogens (tertiary/aromatic N) is 1. The summed E-state index contributed by atoms with van der Waals surface area (Å²) in [4.78, 5) is 26.9. The molecule has 1 aliphatic rings. The van der Waals surface area contributed by atoms with Crippen LogP contribution >= 0.6 is 0 Å². The number of likely N-dealkylation sites (tertiary alicyclic amines) is 1. The molecule has 0 atom stereocenters. The molecule has 0 aromatic heterocycles. The standard InChI is InChI=1S/C22H26N2O3/c1-17-9-8-10-18(15-17)23-22(26)19-11-4-5-12-20(19)27-16-21(25)24-13-6-2-3-7-14-24/h4-5,8-12,15H,2-3,6-7,13-14,16H2,1H3,(H,23,26). The summed E-state index contributed by atoms with van der Waals surface area (Å²) in [6.45, 7) is 3.51. The molecular weight excluding hydrogens is 340 g/mol. The third-order valence-electron chi connectivity index (χ3n) is 4.72. The van der Waals surface area contributed by atoms with E-state index >= 15 is 0 Å². The van der Waals surface area contributed by atoms with Crippen molar-refractivity contribution >= 4 is 17.5 Å². The van der Waals surface area contributed by atoms with E-state index in [-0.39, 0.29) is 18.4 Å². The predicted molar refractivity (Wildman–Crippen MR) is 106 cm³/mol. The molecule has 5 nitrogen and oxygen atoms in total. The largest absolute Gasteiger partial charge is 0.483 e. The number of nitrogens with one attached hydrogen (secondary N) is 1. The van der Waals surface area contributed by atoms with E-state index in [1.807, 2.05) is 36.1 Å². The molecule has 0 spiro atoms. The lowest BCUT2D eigenvalue weighted by Crippen LogP contribution is -2.35. The molecule has 0 radical (unpaired) electrons. The van der Waals surface area contributed by atoms with Gasteiger partial charge in [-0.05, 0) is 49.6 Å². The fourth-order valence-electron chi connectivity index (χ4n) is 3.25. The van der Waals surface area contributed by atoms with Gasteiger partial charge in [0.15, 0.2) is 6.61 Å². The Hall–Kier alpha value is -2.82. The van der Waals surface area contributed by atoms with Gasteiger partial charge in [0.25, 0.3) is 11.8 Å². The third kappa shape index (κ3) is 5.33. The fraction of sp³-hybridized carbons (Fsp3) is 0.364. The number of carbonyl (C=O) groups excluding carboxylic acids is 2. The number of para-hydroxylation sites is 1. The molecule has 1 N–H and O–H groups in total. The average Bonchev–Trinajstić information content (AvgIpc) is 2.96. The minimum Gasteiger partial charge on any atom is -0.483 e. The van der Waals surface area contributed by atoms with E-state index in [1.165, 1.54) is 12.8 Å². The maximum atomic E-state index is 12.7. The maximum Gasteiger partial charge on any atom is 0.260 e. The van der Waals surface area contributed by atoms with Crippen LogP contribution in [0.25, 0.3) is 0 Å². The van der Waals surface area contributed by atoms with Crippen molar-refractivity contribution in [2.24, 2.45) is 0 Å².